The summed E-state index contributed by atoms with van der Waals surface area (Å²) < 4.78 is 11.8. The van der Waals surface area contributed by atoms with E-state index in [4.69, 9.17) is 9.47 Å². The lowest BCUT2D eigenvalue weighted by Crippen LogP contribution is -2.51. The summed E-state index contributed by atoms with van der Waals surface area (Å²) in [6, 6.07) is 14.5. The van der Waals surface area contributed by atoms with Gasteiger partial charge in [0, 0.05) is 30.7 Å². The molecule has 2 amide bonds. The normalized spacial score (nSPS) is 14.0. The SMILES string of the molecule is COc1ccccc1C(=O)N1CCN(C(=O)COc2ccc(Br)cc2)CC1. The lowest BCUT2D eigenvalue weighted by atomic mass is 10.1. The number of piperazine rings is 1. The van der Waals surface area contributed by atoms with E-state index < -0.39 is 0 Å². The third-order valence-corrected chi connectivity index (χ3v) is 4.96. The Balaban J connectivity index is 1.51. The summed E-state index contributed by atoms with van der Waals surface area (Å²) in [5.41, 5.74) is 0.540. The summed E-state index contributed by atoms with van der Waals surface area (Å²) in [4.78, 5) is 28.5. The van der Waals surface area contributed by atoms with E-state index in [0.717, 1.165) is 4.47 Å². The van der Waals surface area contributed by atoms with E-state index in [1.165, 1.54) is 0 Å². The Morgan fingerprint density at radius 1 is 0.963 bits per heavy atom. The molecule has 3 rings (SSSR count). The summed E-state index contributed by atoms with van der Waals surface area (Å²) in [6.07, 6.45) is 0. The number of amides is 2. The molecule has 0 saturated carbocycles. The molecule has 7 heteroatoms. The van der Waals surface area contributed by atoms with E-state index in [1.54, 1.807) is 41.2 Å². The van der Waals surface area contributed by atoms with Crippen LogP contribution in [0.2, 0.25) is 0 Å². The van der Waals surface area contributed by atoms with Crippen LogP contribution in [0.3, 0.4) is 0 Å². The molecule has 1 aliphatic rings. The Bertz CT molecular complexity index is 802. The predicted octanol–water partition coefficient (Wildman–Crippen LogP) is 2.82. The first-order valence-corrected chi connectivity index (χ1v) is 9.46. The minimum Gasteiger partial charge on any atom is -0.496 e. The first-order chi connectivity index (χ1) is 13.1. The molecule has 1 aliphatic heterocycles. The van der Waals surface area contributed by atoms with E-state index in [0.29, 0.717) is 43.2 Å². The molecule has 0 N–H and O–H groups in total. The van der Waals surface area contributed by atoms with Gasteiger partial charge in [0.15, 0.2) is 6.61 Å². The van der Waals surface area contributed by atoms with Crippen LogP contribution in [0.5, 0.6) is 11.5 Å². The second-order valence-corrected chi connectivity index (χ2v) is 7.03. The molecule has 0 atom stereocenters. The molecule has 2 aromatic rings. The zero-order valence-corrected chi connectivity index (χ0v) is 16.6. The molecule has 6 nitrogen and oxygen atoms in total. The van der Waals surface area contributed by atoms with E-state index >= 15 is 0 Å². The van der Waals surface area contributed by atoms with Crippen molar-refractivity contribution in [2.45, 2.75) is 0 Å². The van der Waals surface area contributed by atoms with E-state index in [9.17, 15) is 9.59 Å². The van der Waals surface area contributed by atoms with Crippen LogP contribution in [0.4, 0.5) is 0 Å². The second kappa shape index (κ2) is 8.90. The van der Waals surface area contributed by atoms with E-state index in [1.807, 2.05) is 24.3 Å². The van der Waals surface area contributed by atoms with Crippen LogP contribution in [0.25, 0.3) is 0 Å². The molecular formula is C20H21BrN2O4. The third kappa shape index (κ3) is 4.80. The van der Waals surface area contributed by atoms with Gasteiger partial charge in [-0.1, -0.05) is 28.1 Å². The number of ether oxygens (including phenoxy) is 2. The zero-order chi connectivity index (χ0) is 19.2. The number of hydrogen-bond donors (Lipinski definition) is 0. The van der Waals surface area contributed by atoms with Crippen molar-refractivity contribution >= 4 is 27.7 Å². The van der Waals surface area contributed by atoms with Crippen molar-refractivity contribution in [3.05, 3.63) is 58.6 Å². The fourth-order valence-electron chi connectivity index (χ4n) is 2.92. The summed E-state index contributed by atoms with van der Waals surface area (Å²) in [5, 5.41) is 0. The summed E-state index contributed by atoms with van der Waals surface area (Å²) in [5.74, 6) is 1.05. The highest BCUT2D eigenvalue weighted by atomic mass is 79.9. The van der Waals surface area contributed by atoms with E-state index in [2.05, 4.69) is 15.9 Å². The standard InChI is InChI=1S/C20H21BrN2O4/c1-26-18-5-3-2-4-17(18)20(25)23-12-10-22(11-13-23)19(24)14-27-16-8-6-15(21)7-9-16/h2-9H,10-14H2,1H3. The van der Waals surface area contributed by atoms with Crippen molar-refractivity contribution < 1.29 is 19.1 Å². The molecule has 1 fully saturated rings. The Labute approximate surface area is 166 Å². The first kappa shape index (κ1) is 19.2. The van der Waals surface area contributed by atoms with Crippen LogP contribution in [0, 0.1) is 0 Å². The van der Waals surface area contributed by atoms with Gasteiger partial charge in [0.2, 0.25) is 0 Å². The van der Waals surface area contributed by atoms with Gasteiger partial charge in [-0.15, -0.1) is 0 Å². The smallest absolute Gasteiger partial charge is 0.260 e. The van der Waals surface area contributed by atoms with Crippen molar-refractivity contribution in [3.8, 4) is 11.5 Å². The molecule has 0 aliphatic carbocycles. The number of nitrogens with zero attached hydrogens (tertiary/aromatic N) is 2. The Morgan fingerprint density at radius 2 is 1.59 bits per heavy atom. The number of benzene rings is 2. The van der Waals surface area contributed by atoms with Gasteiger partial charge in [-0.05, 0) is 36.4 Å². The molecule has 0 spiro atoms. The quantitative estimate of drug-likeness (QED) is 0.728. The van der Waals surface area contributed by atoms with Crippen molar-refractivity contribution in [2.24, 2.45) is 0 Å². The lowest BCUT2D eigenvalue weighted by Gasteiger charge is -2.35. The average molecular weight is 433 g/mol. The highest BCUT2D eigenvalue weighted by Crippen LogP contribution is 2.20. The largest absolute Gasteiger partial charge is 0.496 e. The molecule has 27 heavy (non-hydrogen) atoms. The van der Waals surface area contributed by atoms with Crippen LogP contribution >= 0.6 is 15.9 Å². The van der Waals surface area contributed by atoms with Crippen molar-refractivity contribution in [3.63, 3.8) is 0 Å². The van der Waals surface area contributed by atoms with Crippen LogP contribution in [0.1, 0.15) is 10.4 Å². The fraction of sp³-hybridized carbons (Fsp3) is 0.300. The number of methoxy groups -OCH3 is 1. The summed E-state index contributed by atoms with van der Waals surface area (Å²) >= 11 is 3.36. The number of rotatable bonds is 5. The average Bonchev–Trinajstić information content (AvgIpc) is 2.72. The maximum atomic E-state index is 12.7. The van der Waals surface area contributed by atoms with Crippen LogP contribution in [0.15, 0.2) is 53.0 Å². The summed E-state index contributed by atoms with van der Waals surface area (Å²) in [6.45, 7) is 1.94. The van der Waals surface area contributed by atoms with Crippen molar-refractivity contribution in [2.75, 3.05) is 39.9 Å². The monoisotopic (exact) mass is 432 g/mol. The molecule has 1 heterocycles. The predicted molar refractivity (Wildman–Crippen MR) is 105 cm³/mol. The molecule has 0 radical (unpaired) electrons. The van der Waals surface area contributed by atoms with Gasteiger partial charge < -0.3 is 19.3 Å². The fourth-order valence-corrected chi connectivity index (χ4v) is 3.18. The van der Waals surface area contributed by atoms with Crippen molar-refractivity contribution in [1.29, 1.82) is 0 Å². The maximum Gasteiger partial charge on any atom is 0.260 e. The molecular weight excluding hydrogens is 412 g/mol. The number of hydrogen-bond acceptors (Lipinski definition) is 4. The van der Waals surface area contributed by atoms with Gasteiger partial charge in [-0.25, -0.2) is 0 Å². The highest BCUT2D eigenvalue weighted by Gasteiger charge is 2.26. The molecule has 0 bridgehead atoms. The highest BCUT2D eigenvalue weighted by molar-refractivity contribution is 9.10. The lowest BCUT2D eigenvalue weighted by molar-refractivity contribution is -0.134. The van der Waals surface area contributed by atoms with Gasteiger partial charge in [0.1, 0.15) is 11.5 Å². The zero-order valence-electron chi connectivity index (χ0n) is 15.1. The van der Waals surface area contributed by atoms with Gasteiger partial charge >= 0.3 is 0 Å². The second-order valence-electron chi connectivity index (χ2n) is 6.12. The molecule has 2 aromatic carbocycles. The Hall–Kier alpha value is -2.54. The topological polar surface area (TPSA) is 59.1 Å². The minimum absolute atomic E-state index is 0.0118. The van der Waals surface area contributed by atoms with Gasteiger partial charge in [0.25, 0.3) is 11.8 Å². The first-order valence-electron chi connectivity index (χ1n) is 8.67. The summed E-state index contributed by atoms with van der Waals surface area (Å²) in [7, 11) is 1.55. The van der Waals surface area contributed by atoms with Gasteiger partial charge in [0.05, 0.1) is 12.7 Å². The molecule has 0 aromatic heterocycles. The molecule has 142 valence electrons. The van der Waals surface area contributed by atoms with Gasteiger partial charge in [-0.3, -0.25) is 9.59 Å². The number of carbonyl (C=O) groups is 2. The number of para-hydroxylation sites is 1. The minimum atomic E-state index is -0.0812. The number of halogens is 1. The Morgan fingerprint density at radius 3 is 2.26 bits per heavy atom. The number of carbonyl (C=O) groups excluding carboxylic acids is 2. The van der Waals surface area contributed by atoms with Crippen LogP contribution in [-0.4, -0.2) is 61.5 Å². The third-order valence-electron chi connectivity index (χ3n) is 4.43. The Kier molecular flexibility index (Phi) is 6.34. The van der Waals surface area contributed by atoms with Gasteiger partial charge in [-0.2, -0.15) is 0 Å². The maximum absolute atomic E-state index is 12.7. The molecule has 0 unspecified atom stereocenters. The van der Waals surface area contributed by atoms with Crippen LogP contribution in [-0.2, 0) is 4.79 Å². The van der Waals surface area contributed by atoms with E-state index in [-0.39, 0.29) is 18.4 Å². The van der Waals surface area contributed by atoms with Crippen molar-refractivity contribution in [1.82, 2.24) is 9.80 Å². The van der Waals surface area contributed by atoms with Crippen LogP contribution < -0.4 is 9.47 Å². The molecule has 1 saturated heterocycles.